The standard InChI is InChI=1S/C13H25N5O/c1-4-14-13(15-7-6-8-19-5-2)16-9-12-10-17-18(3)11-12/h10-11H,4-9H2,1-3H3,(H2,14,15,16). The highest BCUT2D eigenvalue weighted by atomic mass is 16.5. The minimum absolute atomic E-state index is 0.634. The van der Waals surface area contributed by atoms with E-state index in [1.54, 1.807) is 4.68 Å². The molecule has 0 aliphatic heterocycles. The largest absolute Gasteiger partial charge is 0.382 e. The van der Waals surface area contributed by atoms with Gasteiger partial charge in [-0.15, -0.1) is 0 Å². The van der Waals surface area contributed by atoms with Crippen molar-refractivity contribution >= 4 is 5.96 Å². The van der Waals surface area contributed by atoms with Crippen LogP contribution in [-0.2, 0) is 18.3 Å². The third kappa shape index (κ3) is 6.81. The number of guanidine groups is 1. The molecule has 0 radical (unpaired) electrons. The van der Waals surface area contributed by atoms with Gasteiger partial charge in [0.1, 0.15) is 0 Å². The average Bonchev–Trinajstić information content (AvgIpc) is 2.81. The summed E-state index contributed by atoms with van der Waals surface area (Å²) in [7, 11) is 1.91. The van der Waals surface area contributed by atoms with E-state index in [0.29, 0.717) is 6.54 Å². The zero-order valence-electron chi connectivity index (χ0n) is 12.1. The first kappa shape index (κ1) is 15.5. The normalized spacial score (nSPS) is 11.6. The first-order chi connectivity index (χ1) is 9.26. The number of ether oxygens (including phenoxy) is 1. The van der Waals surface area contributed by atoms with E-state index in [9.17, 15) is 0 Å². The highest BCUT2D eigenvalue weighted by Crippen LogP contribution is 1.97. The maximum Gasteiger partial charge on any atom is 0.191 e. The molecule has 1 aromatic heterocycles. The van der Waals surface area contributed by atoms with E-state index in [4.69, 9.17) is 4.74 Å². The van der Waals surface area contributed by atoms with Gasteiger partial charge in [0, 0.05) is 45.1 Å². The molecule has 1 rings (SSSR count). The lowest BCUT2D eigenvalue weighted by atomic mass is 10.4. The van der Waals surface area contributed by atoms with Gasteiger partial charge in [-0.25, -0.2) is 4.99 Å². The number of hydrogen-bond donors (Lipinski definition) is 2. The molecular formula is C13H25N5O. The van der Waals surface area contributed by atoms with E-state index < -0.39 is 0 Å². The Morgan fingerprint density at radius 1 is 1.42 bits per heavy atom. The number of hydrogen-bond acceptors (Lipinski definition) is 3. The smallest absolute Gasteiger partial charge is 0.191 e. The van der Waals surface area contributed by atoms with Crippen molar-refractivity contribution in [2.24, 2.45) is 12.0 Å². The van der Waals surface area contributed by atoms with E-state index in [1.807, 2.05) is 26.4 Å². The lowest BCUT2D eigenvalue weighted by molar-refractivity contribution is 0.145. The van der Waals surface area contributed by atoms with Gasteiger partial charge >= 0.3 is 0 Å². The molecule has 0 saturated heterocycles. The number of aliphatic imine (C=N–C) groups is 1. The molecule has 1 heterocycles. The Morgan fingerprint density at radius 3 is 2.89 bits per heavy atom. The molecule has 6 heteroatoms. The molecule has 0 aliphatic rings. The SMILES string of the molecule is CCNC(=NCc1cnn(C)c1)NCCCOCC. The molecule has 6 nitrogen and oxygen atoms in total. The molecule has 108 valence electrons. The number of rotatable bonds is 8. The zero-order valence-corrected chi connectivity index (χ0v) is 12.1. The summed E-state index contributed by atoms with van der Waals surface area (Å²) in [6.45, 7) is 7.97. The van der Waals surface area contributed by atoms with Crippen molar-refractivity contribution in [3.8, 4) is 0 Å². The topological polar surface area (TPSA) is 63.5 Å². The molecular weight excluding hydrogens is 242 g/mol. The summed E-state index contributed by atoms with van der Waals surface area (Å²) >= 11 is 0. The van der Waals surface area contributed by atoms with Gasteiger partial charge in [0.05, 0.1) is 12.7 Å². The first-order valence-electron chi connectivity index (χ1n) is 6.83. The van der Waals surface area contributed by atoms with Gasteiger partial charge < -0.3 is 15.4 Å². The van der Waals surface area contributed by atoms with Crippen molar-refractivity contribution in [3.63, 3.8) is 0 Å². The molecule has 0 unspecified atom stereocenters. The second kappa shape index (κ2) is 9.38. The molecule has 19 heavy (non-hydrogen) atoms. The summed E-state index contributed by atoms with van der Waals surface area (Å²) in [6, 6.07) is 0. The molecule has 0 bridgehead atoms. The van der Waals surface area contributed by atoms with Crippen molar-refractivity contribution in [2.75, 3.05) is 26.3 Å². The Balaban J connectivity index is 2.33. The van der Waals surface area contributed by atoms with E-state index >= 15 is 0 Å². The highest BCUT2D eigenvalue weighted by molar-refractivity contribution is 5.79. The van der Waals surface area contributed by atoms with Gasteiger partial charge in [0.2, 0.25) is 0 Å². The molecule has 0 aliphatic carbocycles. The van der Waals surface area contributed by atoms with E-state index in [-0.39, 0.29) is 0 Å². The number of aryl methyl sites for hydroxylation is 1. The summed E-state index contributed by atoms with van der Waals surface area (Å²) in [5, 5.41) is 10.6. The molecule has 0 atom stereocenters. The predicted octanol–water partition coefficient (Wildman–Crippen LogP) is 0.902. The zero-order chi connectivity index (χ0) is 13.9. The maximum absolute atomic E-state index is 5.30. The van der Waals surface area contributed by atoms with Crippen molar-refractivity contribution in [1.82, 2.24) is 20.4 Å². The Bertz CT molecular complexity index is 375. The van der Waals surface area contributed by atoms with Gasteiger partial charge in [-0.2, -0.15) is 5.10 Å². The van der Waals surface area contributed by atoms with Crippen LogP contribution in [0.5, 0.6) is 0 Å². The molecule has 0 amide bonds. The molecule has 0 fully saturated rings. The van der Waals surface area contributed by atoms with Crippen LogP contribution in [0.4, 0.5) is 0 Å². The van der Waals surface area contributed by atoms with Gasteiger partial charge in [-0.3, -0.25) is 4.68 Å². The second-order valence-corrected chi connectivity index (χ2v) is 4.19. The second-order valence-electron chi connectivity index (χ2n) is 4.19. The van der Waals surface area contributed by atoms with Crippen LogP contribution in [-0.4, -0.2) is 42.0 Å². The Morgan fingerprint density at radius 2 is 2.26 bits per heavy atom. The van der Waals surface area contributed by atoms with Crippen LogP contribution < -0.4 is 10.6 Å². The van der Waals surface area contributed by atoms with Gasteiger partial charge in [-0.05, 0) is 20.3 Å². The molecule has 0 spiro atoms. The fraction of sp³-hybridized carbons (Fsp3) is 0.692. The Labute approximate surface area is 115 Å². The van der Waals surface area contributed by atoms with Crippen LogP contribution in [0.25, 0.3) is 0 Å². The van der Waals surface area contributed by atoms with Crippen LogP contribution in [0.2, 0.25) is 0 Å². The van der Waals surface area contributed by atoms with Crippen LogP contribution in [0, 0.1) is 0 Å². The maximum atomic E-state index is 5.30. The Hall–Kier alpha value is -1.56. The van der Waals surface area contributed by atoms with Crippen LogP contribution >= 0.6 is 0 Å². The summed E-state index contributed by atoms with van der Waals surface area (Å²) in [5.74, 6) is 0.836. The van der Waals surface area contributed by atoms with Crippen molar-refractivity contribution in [2.45, 2.75) is 26.8 Å². The van der Waals surface area contributed by atoms with Gasteiger partial charge in [0.15, 0.2) is 5.96 Å². The predicted molar refractivity (Wildman–Crippen MR) is 77.1 cm³/mol. The molecule has 0 aromatic carbocycles. The van der Waals surface area contributed by atoms with Crippen LogP contribution in [0.3, 0.4) is 0 Å². The van der Waals surface area contributed by atoms with E-state index in [1.165, 1.54) is 0 Å². The van der Waals surface area contributed by atoms with Gasteiger partial charge in [-0.1, -0.05) is 0 Å². The molecule has 1 aromatic rings. The molecule has 0 saturated carbocycles. The summed E-state index contributed by atoms with van der Waals surface area (Å²) in [4.78, 5) is 4.52. The van der Waals surface area contributed by atoms with Crippen molar-refractivity contribution in [3.05, 3.63) is 18.0 Å². The monoisotopic (exact) mass is 267 g/mol. The van der Waals surface area contributed by atoms with Gasteiger partial charge in [0.25, 0.3) is 0 Å². The van der Waals surface area contributed by atoms with Crippen LogP contribution in [0.1, 0.15) is 25.8 Å². The third-order valence-corrected chi connectivity index (χ3v) is 2.48. The van der Waals surface area contributed by atoms with Crippen LogP contribution in [0.15, 0.2) is 17.4 Å². The fourth-order valence-corrected chi connectivity index (χ4v) is 1.59. The van der Waals surface area contributed by atoms with Crippen molar-refractivity contribution < 1.29 is 4.74 Å². The third-order valence-electron chi connectivity index (χ3n) is 2.48. The lowest BCUT2D eigenvalue weighted by Crippen LogP contribution is -2.38. The summed E-state index contributed by atoms with van der Waals surface area (Å²) in [6.07, 6.45) is 4.79. The minimum atomic E-state index is 0.634. The lowest BCUT2D eigenvalue weighted by Gasteiger charge is -2.10. The summed E-state index contributed by atoms with van der Waals surface area (Å²) in [5.41, 5.74) is 1.11. The number of aromatic nitrogens is 2. The summed E-state index contributed by atoms with van der Waals surface area (Å²) < 4.78 is 7.08. The average molecular weight is 267 g/mol. The number of nitrogens with zero attached hydrogens (tertiary/aromatic N) is 3. The number of nitrogens with one attached hydrogen (secondary N) is 2. The van der Waals surface area contributed by atoms with Crippen molar-refractivity contribution in [1.29, 1.82) is 0 Å². The quantitative estimate of drug-likeness (QED) is 0.417. The first-order valence-corrected chi connectivity index (χ1v) is 6.83. The minimum Gasteiger partial charge on any atom is -0.382 e. The van der Waals surface area contributed by atoms with E-state index in [0.717, 1.165) is 44.2 Å². The fourth-order valence-electron chi connectivity index (χ4n) is 1.59. The highest BCUT2D eigenvalue weighted by Gasteiger charge is 1.98. The van der Waals surface area contributed by atoms with E-state index in [2.05, 4.69) is 27.6 Å². The molecule has 2 N–H and O–H groups in total. The Kier molecular flexibility index (Phi) is 7.65.